The van der Waals surface area contributed by atoms with Crippen molar-refractivity contribution in [1.82, 2.24) is 25.3 Å². The van der Waals surface area contributed by atoms with E-state index in [2.05, 4.69) is 34.3 Å². The molecule has 9 heteroatoms. The monoisotopic (exact) mass is 450 g/mol. The van der Waals surface area contributed by atoms with Gasteiger partial charge in [0.15, 0.2) is 11.8 Å². The molecular weight excluding hydrogens is 423 g/mol. The smallest absolute Gasteiger partial charge is 0.246 e. The molecule has 0 aliphatic carbocycles. The van der Waals surface area contributed by atoms with Crippen molar-refractivity contribution >= 4 is 35.8 Å². The molecule has 1 aromatic heterocycles. The quantitative estimate of drug-likeness (QED) is 0.426. The highest BCUT2D eigenvalue weighted by Gasteiger charge is 2.40. The third kappa shape index (κ3) is 4.58. The number of piperazine rings is 1. The molecule has 0 unspecified atom stereocenters. The van der Waals surface area contributed by atoms with Gasteiger partial charge in [-0.1, -0.05) is 5.16 Å². The summed E-state index contributed by atoms with van der Waals surface area (Å²) in [6.45, 7) is 11.4. The van der Waals surface area contributed by atoms with Crippen molar-refractivity contribution in [1.29, 1.82) is 0 Å². The molecule has 1 N–H and O–H groups in total. The normalized spacial score (nSPS) is 18.0. The molecule has 0 spiro atoms. The third-order valence-electron chi connectivity index (χ3n) is 3.82. The van der Waals surface area contributed by atoms with Crippen LogP contribution in [0.2, 0.25) is 0 Å². The molecule has 0 bridgehead atoms. The number of carbonyl (C=O) groups excluding carboxylic acids is 1. The van der Waals surface area contributed by atoms with Gasteiger partial charge in [0.2, 0.25) is 11.8 Å². The van der Waals surface area contributed by atoms with Crippen LogP contribution in [-0.2, 0) is 11.3 Å². The van der Waals surface area contributed by atoms with Gasteiger partial charge in [0.05, 0.1) is 18.6 Å². The lowest BCUT2D eigenvalue weighted by molar-refractivity contribution is -0.145. The van der Waals surface area contributed by atoms with Gasteiger partial charge in [-0.05, 0) is 34.6 Å². The highest BCUT2D eigenvalue weighted by Crippen LogP contribution is 2.24. The number of nitrogens with one attached hydrogen (secondary N) is 1. The van der Waals surface area contributed by atoms with Gasteiger partial charge >= 0.3 is 0 Å². The Labute approximate surface area is 160 Å². The molecule has 0 saturated carbocycles. The van der Waals surface area contributed by atoms with Crippen LogP contribution in [0.5, 0.6) is 0 Å². The van der Waals surface area contributed by atoms with Crippen molar-refractivity contribution in [3.8, 4) is 0 Å². The van der Waals surface area contributed by atoms with Gasteiger partial charge < -0.3 is 19.6 Å². The second-order valence-corrected chi connectivity index (χ2v) is 6.66. The lowest BCUT2D eigenvalue weighted by atomic mass is 9.96. The highest BCUT2D eigenvalue weighted by molar-refractivity contribution is 14.0. The Bertz CT molecular complexity index is 599. The number of aryl methyl sites for hydroxylation is 1. The van der Waals surface area contributed by atoms with Crippen LogP contribution < -0.4 is 5.32 Å². The van der Waals surface area contributed by atoms with Crippen LogP contribution in [0.25, 0.3) is 0 Å². The number of carbonyl (C=O) groups is 1. The third-order valence-corrected chi connectivity index (χ3v) is 3.82. The average Bonchev–Trinajstić information content (AvgIpc) is 2.82. The fourth-order valence-corrected chi connectivity index (χ4v) is 3.21. The van der Waals surface area contributed by atoms with Gasteiger partial charge in [-0.2, -0.15) is 4.98 Å². The van der Waals surface area contributed by atoms with Crippen molar-refractivity contribution in [3.05, 3.63) is 11.7 Å². The van der Waals surface area contributed by atoms with Crippen molar-refractivity contribution < 1.29 is 9.32 Å². The minimum absolute atomic E-state index is 0. The predicted octanol–water partition coefficient (Wildman–Crippen LogP) is 1.40. The van der Waals surface area contributed by atoms with E-state index in [0.29, 0.717) is 37.3 Å². The first-order chi connectivity index (χ1) is 10.7. The van der Waals surface area contributed by atoms with E-state index in [1.54, 1.807) is 14.0 Å². The van der Waals surface area contributed by atoms with Gasteiger partial charge in [0.1, 0.15) is 0 Å². The Morgan fingerprint density at radius 3 is 2.58 bits per heavy atom. The Hall–Kier alpha value is -1.39. The van der Waals surface area contributed by atoms with Crippen LogP contribution in [0, 0.1) is 6.92 Å². The molecular formula is C15H27IN6O2. The minimum atomic E-state index is -0.262. The highest BCUT2D eigenvalue weighted by atomic mass is 127. The Morgan fingerprint density at radius 1 is 1.46 bits per heavy atom. The van der Waals surface area contributed by atoms with Crippen LogP contribution in [0.4, 0.5) is 0 Å². The number of hydrogen-bond acceptors (Lipinski definition) is 5. The molecule has 2 heterocycles. The maximum absolute atomic E-state index is 12.5. The topological polar surface area (TPSA) is 86.9 Å². The van der Waals surface area contributed by atoms with Crippen LogP contribution in [-0.4, -0.2) is 63.5 Å². The van der Waals surface area contributed by atoms with Crippen molar-refractivity contribution in [2.24, 2.45) is 4.99 Å². The molecule has 0 aromatic carbocycles. The number of halogens is 1. The number of aromatic nitrogens is 2. The molecule has 0 atom stereocenters. The molecule has 0 radical (unpaired) electrons. The van der Waals surface area contributed by atoms with E-state index in [9.17, 15) is 4.79 Å². The first-order valence-corrected chi connectivity index (χ1v) is 7.81. The molecule has 1 amide bonds. The van der Waals surface area contributed by atoms with E-state index >= 15 is 0 Å². The second kappa shape index (κ2) is 8.13. The fraction of sp³-hybridized carbons (Fsp3) is 0.733. The fourth-order valence-electron chi connectivity index (χ4n) is 3.21. The number of guanidine groups is 1. The maximum atomic E-state index is 12.5. The van der Waals surface area contributed by atoms with Gasteiger partial charge in [0, 0.05) is 19.6 Å². The zero-order chi connectivity index (χ0) is 17.2. The van der Waals surface area contributed by atoms with E-state index in [4.69, 9.17) is 4.52 Å². The van der Waals surface area contributed by atoms with Crippen molar-refractivity contribution in [2.45, 2.75) is 52.7 Å². The Morgan fingerprint density at radius 2 is 2.12 bits per heavy atom. The summed E-state index contributed by atoms with van der Waals surface area (Å²) in [5.41, 5.74) is -0.262. The number of aliphatic imine (C=N–C) groups is 1. The largest absolute Gasteiger partial charge is 0.347 e. The molecule has 136 valence electrons. The summed E-state index contributed by atoms with van der Waals surface area (Å²) in [5, 5.41) is 6.94. The molecule has 1 aliphatic heterocycles. The number of amides is 1. The summed E-state index contributed by atoms with van der Waals surface area (Å²) < 4.78 is 5.08. The van der Waals surface area contributed by atoms with Crippen LogP contribution >= 0.6 is 24.0 Å². The van der Waals surface area contributed by atoms with E-state index in [0.717, 1.165) is 0 Å². The van der Waals surface area contributed by atoms with Crippen molar-refractivity contribution in [2.75, 3.05) is 20.1 Å². The second-order valence-electron chi connectivity index (χ2n) is 6.66. The number of rotatable bonds is 3. The number of nitrogens with zero attached hydrogens (tertiary/aromatic N) is 5. The van der Waals surface area contributed by atoms with E-state index in [1.807, 2.05) is 23.6 Å². The molecule has 1 aromatic rings. The average molecular weight is 450 g/mol. The zero-order valence-electron chi connectivity index (χ0n) is 15.2. The van der Waals surface area contributed by atoms with E-state index in [-0.39, 0.29) is 41.5 Å². The van der Waals surface area contributed by atoms with Gasteiger partial charge in [-0.3, -0.25) is 9.79 Å². The lowest BCUT2D eigenvalue weighted by Gasteiger charge is -2.49. The summed E-state index contributed by atoms with van der Waals surface area (Å²) >= 11 is 0. The predicted molar refractivity (Wildman–Crippen MR) is 102 cm³/mol. The molecule has 8 nitrogen and oxygen atoms in total. The van der Waals surface area contributed by atoms with E-state index < -0.39 is 0 Å². The summed E-state index contributed by atoms with van der Waals surface area (Å²) in [6, 6.07) is 0.177. The zero-order valence-corrected chi connectivity index (χ0v) is 17.5. The molecule has 2 rings (SSSR count). The van der Waals surface area contributed by atoms with Crippen LogP contribution in [0.3, 0.4) is 0 Å². The maximum Gasteiger partial charge on any atom is 0.246 e. The Kier molecular flexibility index (Phi) is 6.99. The minimum Gasteiger partial charge on any atom is -0.347 e. The van der Waals surface area contributed by atoms with Crippen LogP contribution in [0.15, 0.2) is 9.52 Å². The first kappa shape index (κ1) is 20.7. The summed E-state index contributed by atoms with van der Waals surface area (Å²) in [7, 11) is 1.70. The first-order valence-electron chi connectivity index (χ1n) is 7.81. The van der Waals surface area contributed by atoms with Crippen molar-refractivity contribution in [3.63, 3.8) is 0 Å². The Balaban J connectivity index is 0.00000288. The summed E-state index contributed by atoms with van der Waals surface area (Å²) in [6.07, 6.45) is 0. The number of hydrogen-bond donors (Lipinski definition) is 1. The van der Waals surface area contributed by atoms with Gasteiger partial charge in [-0.15, -0.1) is 24.0 Å². The lowest BCUT2D eigenvalue weighted by Crippen LogP contribution is -2.66. The van der Waals surface area contributed by atoms with Crippen LogP contribution in [0.1, 0.15) is 39.4 Å². The van der Waals surface area contributed by atoms with Gasteiger partial charge in [0.25, 0.3) is 0 Å². The van der Waals surface area contributed by atoms with E-state index in [1.165, 1.54) is 0 Å². The SMILES string of the molecule is CN=C(NCc1nc(C)no1)N1CC(=O)N(C(C)C)C(C)(C)C1.I. The molecule has 1 fully saturated rings. The summed E-state index contributed by atoms with van der Waals surface area (Å²) in [5.74, 6) is 1.85. The summed E-state index contributed by atoms with van der Waals surface area (Å²) in [4.78, 5) is 24.9. The molecule has 1 aliphatic rings. The standard InChI is InChI=1S/C15H26N6O2.HI/c1-10(2)21-13(22)8-20(9-15(21,4)5)14(16-6)17-7-12-18-11(3)19-23-12;/h10H,7-9H2,1-6H3,(H,16,17);1H. The molecule has 1 saturated heterocycles. The van der Waals surface area contributed by atoms with Gasteiger partial charge in [-0.25, -0.2) is 0 Å². The molecule has 24 heavy (non-hydrogen) atoms.